The lowest BCUT2D eigenvalue weighted by atomic mass is 10.1. The Balaban J connectivity index is 1.90. The van der Waals surface area contributed by atoms with Crippen LogP contribution < -0.4 is 0 Å². The molecule has 1 aliphatic heterocycles. The molecule has 1 fully saturated rings. The number of likely N-dealkylation sites (tertiary alicyclic amines) is 1. The van der Waals surface area contributed by atoms with Crippen LogP contribution in [0.15, 0.2) is 30.3 Å². The second-order valence-corrected chi connectivity index (χ2v) is 5.10. The van der Waals surface area contributed by atoms with Gasteiger partial charge in [0.1, 0.15) is 17.0 Å². The van der Waals surface area contributed by atoms with Crippen LogP contribution in [0.4, 0.5) is 4.39 Å². The van der Waals surface area contributed by atoms with Gasteiger partial charge in [0.05, 0.1) is 0 Å². The molecule has 104 valence electrons. The average Bonchev–Trinajstić information content (AvgIpc) is 2.95. The number of hydrogen-bond donors (Lipinski definition) is 1. The number of hydrogen-bond acceptors (Lipinski definition) is 3. The number of carbonyl (C=O) groups excluding carboxylic acids is 1. The standard InChI is InChI=1S/C15H15FN2O2/c16-12-3-1-2-11-4-5-13(17-14(11)12)15(20)18-7-6-10(8-18)9-19/h1-5,10,19H,6-9H2. The van der Waals surface area contributed by atoms with Crippen LogP contribution in [0.5, 0.6) is 0 Å². The van der Waals surface area contributed by atoms with Crippen molar-refractivity contribution in [2.45, 2.75) is 6.42 Å². The van der Waals surface area contributed by atoms with Gasteiger partial charge < -0.3 is 10.0 Å². The number of para-hydroxylation sites is 1. The van der Waals surface area contributed by atoms with Gasteiger partial charge in [-0.25, -0.2) is 9.37 Å². The summed E-state index contributed by atoms with van der Waals surface area (Å²) < 4.78 is 13.7. The Morgan fingerprint density at radius 2 is 2.25 bits per heavy atom. The third-order valence-electron chi connectivity index (χ3n) is 3.72. The minimum absolute atomic E-state index is 0.0869. The van der Waals surface area contributed by atoms with Crippen molar-refractivity contribution in [1.29, 1.82) is 0 Å². The first-order valence-electron chi connectivity index (χ1n) is 6.64. The highest BCUT2D eigenvalue weighted by atomic mass is 19.1. The van der Waals surface area contributed by atoms with E-state index < -0.39 is 5.82 Å². The molecule has 0 saturated carbocycles. The van der Waals surface area contributed by atoms with Crippen LogP contribution in [-0.4, -0.2) is 40.6 Å². The molecule has 3 rings (SSSR count). The molecule has 2 aromatic rings. The van der Waals surface area contributed by atoms with Gasteiger partial charge in [-0.3, -0.25) is 4.79 Å². The monoisotopic (exact) mass is 274 g/mol. The fourth-order valence-corrected chi connectivity index (χ4v) is 2.56. The molecule has 0 radical (unpaired) electrons. The van der Waals surface area contributed by atoms with Gasteiger partial charge in [0.2, 0.25) is 0 Å². The van der Waals surface area contributed by atoms with E-state index in [2.05, 4.69) is 4.98 Å². The van der Waals surface area contributed by atoms with E-state index in [-0.39, 0.29) is 29.6 Å². The number of fused-ring (bicyclic) bond motifs is 1. The molecule has 1 aromatic carbocycles. The highest BCUT2D eigenvalue weighted by molar-refractivity contribution is 5.95. The molecule has 1 unspecified atom stereocenters. The Morgan fingerprint density at radius 3 is 3.00 bits per heavy atom. The molecular weight excluding hydrogens is 259 g/mol. The number of aliphatic hydroxyl groups excluding tert-OH is 1. The number of pyridine rings is 1. The lowest BCUT2D eigenvalue weighted by Crippen LogP contribution is -2.29. The molecule has 0 bridgehead atoms. The number of halogens is 1. The van der Waals surface area contributed by atoms with E-state index in [1.165, 1.54) is 6.07 Å². The number of aliphatic hydroxyl groups is 1. The summed E-state index contributed by atoms with van der Waals surface area (Å²) in [6, 6.07) is 8.04. The molecule has 1 atom stereocenters. The normalized spacial score (nSPS) is 18.7. The largest absolute Gasteiger partial charge is 0.396 e. The van der Waals surface area contributed by atoms with Crippen molar-refractivity contribution >= 4 is 16.8 Å². The molecule has 5 heteroatoms. The van der Waals surface area contributed by atoms with Crippen molar-refractivity contribution < 1.29 is 14.3 Å². The third-order valence-corrected chi connectivity index (χ3v) is 3.72. The van der Waals surface area contributed by atoms with Gasteiger partial charge in [0.25, 0.3) is 5.91 Å². The average molecular weight is 274 g/mol. The van der Waals surface area contributed by atoms with Gasteiger partial charge in [-0.05, 0) is 18.6 Å². The fraction of sp³-hybridized carbons (Fsp3) is 0.333. The summed E-state index contributed by atoms with van der Waals surface area (Å²) in [6.45, 7) is 1.23. The minimum atomic E-state index is -0.424. The summed E-state index contributed by atoms with van der Waals surface area (Å²) in [4.78, 5) is 18.1. The molecule has 20 heavy (non-hydrogen) atoms. The highest BCUT2D eigenvalue weighted by Gasteiger charge is 2.27. The molecule has 0 aliphatic carbocycles. The van der Waals surface area contributed by atoms with Crippen LogP contribution >= 0.6 is 0 Å². The summed E-state index contributed by atoms with van der Waals surface area (Å²) in [5.41, 5.74) is 0.470. The third kappa shape index (κ3) is 2.25. The number of nitrogens with zero attached hydrogens (tertiary/aromatic N) is 2. The Bertz CT molecular complexity index is 659. The lowest BCUT2D eigenvalue weighted by Gasteiger charge is -2.15. The van der Waals surface area contributed by atoms with Crippen molar-refractivity contribution in [2.75, 3.05) is 19.7 Å². The zero-order chi connectivity index (χ0) is 14.1. The van der Waals surface area contributed by atoms with Crippen LogP contribution in [0.25, 0.3) is 10.9 Å². The van der Waals surface area contributed by atoms with Crippen molar-refractivity contribution in [3.05, 3.63) is 41.8 Å². The van der Waals surface area contributed by atoms with Crippen LogP contribution in [0.2, 0.25) is 0 Å². The second kappa shape index (κ2) is 5.17. The highest BCUT2D eigenvalue weighted by Crippen LogP contribution is 2.20. The predicted octanol–water partition coefficient (Wildman–Crippen LogP) is 1.83. The Kier molecular flexibility index (Phi) is 3.36. The molecule has 2 heterocycles. The smallest absolute Gasteiger partial charge is 0.272 e. The Hall–Kier alpha value is -2.01. The second-order valence-electron chi connectivity index (χ2n) is 5.10. The van der Waals surface area contributed by atoms with E-state index in [9.17, 15) is 9.18 Å². The maximum absolute atomic E-state index is 13.7. The minimum Gasteiger partial charge on any atom is -0.396 e. The number of aromatic nitrogens is 1. The lowest BCUT2D eigenvalue weighted by molar-refractivity contribution is 0.0776. The zero-order valence-corrected chi connectivity index (χ0v) is 10.9. The predicted molar refractivity (Wildman–Crippen MR) is 72.8 cm³/mol. The van der Waals surface area contributed by atoms with Crippen molar-refractivity contribution in [2.24, 2.45) is 5.92 Å². The molecule has 0 spiro atoms. The van der Waals surface area contributed by atoms with Crippen LogP contribution in [0.1, 0.15) is 16.9 Å². The van der Waals surface area contributed by atoms with Gasteiger partial charge in [-0.1, -0.05) is 18.2 Å². The summed E-state index contributed by atoms with van der Waals surface area (Å²) in [5, 5.41) is 9.79. The van der Waals surface area contributed by atoms with Gasteiger partial charge >= 0.3 is 0 Å². The summed E-state index contributed by atoms with van der Waals surface area (Å²) in [5.74, 6) is -0.492. The van der Waals surface area contributed by atoms with Crippen molar-refractivity contribution in [3.8, 4) is 0 Å². The number of carbonyl (C=O) groups is 1. The van der Waals surface area contributed by atoms with Crippen LogP contribution in [0.3, 0.4) is 0 Å². The first-order valence-corrected chi connectivity index (χ1v) is 6.64. The van der Waals surface area contributed by atoms with Gasteiger partial charge in [0.15, 0.2) is 0 Å². The van der Waals surface area contributed by atoms with Crippen molar-refractivity contribution in [1.82, 2.24) is 9.88 Å². The number of rotatable bonds is 2. The Morgan fingerprint density at radius 1 is 1.40 bits per heavy atom. The number of amides is 1. The molecular formula is C15H15FN2O2. The number of benzene rings is 1. The van der Waals surface area contributed by atoms with Crippen LogP contribution in [0, 0.1) is 11.7 Å². The molecule has 1 saturated heterocycles. The first kappa shape index (κ1) is 13.0. The van der Waals surface area contributed by atoms with Crippen molar-refractivity contribution in [3.63, 3.8) is 0 Å². The van der Waals surface area contributed by atoms with E-state index in [1.807, 2.05) is 0 Å². The van der Waals surface area contributed by atoms with E-state index in [1.54, 1.807) is 29.2 Å². The van der Waals surface area contributed by atoms with Gasteiger partial charge in [0, 0.05) is 31.0 Å². The maximum Gasteiger partial charge on any atom is 0.272 e. The van der Waals surface area contributed by atoms with Gasteiger partial charge in [-0.15, -0.1) is 0 Å². The molecule has 1 N–H and O–H groups in total. The Labute approximate surface area is 115 Å². The molecule has 1 aliphatic rings. The SMILES string of the molecule is O=C(c1ccc2cccc(F)c2n1)N1CCC(CO)C1. The fourth-order valence-electron chi connectivity index (χ4n) is 2.56. The summed E-state index contributed by atoms with van der Waals surface area (Å²) in [7, 11) is 0. The summed E-state index contributed by atoms with van der Waals surface area (Å²) >= 11 is 0. The zero-order valence-electron chi connectivity index (χ0n) is 10.9. The van der Waals surface area contributed by atoms with E-state index in [0.717, 1.165) is 6.42 Å². The van der Waals surface area contributed by atoms with E-state index in [4.69, 9.17) is 5.11 Å². The van der Waals surface area contributed by atoms with E-state index in [0.29, 0.717) is 18.5 Å². The maximum atomic E-state index is 13.7. The van der Waals surface area contributed by atoms with E-state index >= 15 is 0 Å². The van der Waals surface area contributed by atoms with Crippen LogP contribution in [-0.2, 0) is 0 Å². The molecule has 1 amide bonds. The quantitative estimate of drug-likeness (QED) is 0.909. The molecule has 4 nitrogen and oxygen atoms in total. The molecule has 1 aromatic heterocycles. The topological polar surface area (TPSA) is 53.4 Å². The summed E-state index contributed by atoms with van der Waals surface area (Å²) in [6.07, 6.45) is 0.796. The first-order chi connectivity index (χ1) is 9.69. The van der Waals surface area contributed by atoms with Gasteiger partial charge in [-0.2, -0.15) is 0 Å².